The SMILES string of the molecule is COc1cc(NCc2cscn2)nc(N)n1. The maximum atomic E-state index is 5.53. The van der Waals surface area contributed by atoms with E-state index in [0.29, 0.717) is 18.2 Å². The quantitative estimate of drug-likeness (QED) is 0.829. The molecule has 84 valence electrons. The number of hydrogen-bond acceptors (Lipinski definition) is 7. The van der Waals surface area contributed by atoms with Crippen LogP contribution in [0.5, 0.6) is 5.88 Å². The third-order valence-electron chi connectivity index (χ3n) is 1.86. The van der Waals surface area contributed by atoms with E-state index in [1.807, 2.05) is 5.38 Å². The van der Waals surface area contributed by atoms with E-state index in [1.165, 1.54) is 7.11 Å². The smallest absolute Gasteiger partial charge is 0.225 e. The lowest BCUT2D eigenvalue weighted by Gasteiger charge is -2.06. The Labute approximate surface area is 96.5 Å². The molecule has 2 aromatic rings. The first-order valence-electron chi connectivity index (χ1n) is 4.57. The number of aromatic nitrogens is 3. The van der Waals surface area contributed by atoms with Crippen LogP contribution in [-0.2, 0) is 6.54 Å². The Morgan fingerprint density at radius 2 is 2.38 bits per heavy atom. The van der Waals surface area contributed by atoms with Gasteiger partial charge in [0, 0.05) is 11.4 Å². The molecule has 0 aliphatic rings. The second-order valence-corrected chi connectivity index (χ2v) is 3.71. The summed E-state index contributed by atoms with van der Waals surface area (Å²) in [5.41, 5.74) is 8.27. The molecule has 0 spiro atoms. The van der Waals surface area contributed by atoms with Crippen LogP contribution < -0.4 is 15.8 Å². The number of methoxy groups -OCH3 is 1. The van der Waals surface area contributed by atoms with Crippen LogP contribution in [0.3, 0.4) is 0 Å². The van der Waals surface area contributed by atoms with Crippen molar-refractivity contribution in [2.45, 2.75) is 6.54 Å². The van der Waals surface area contributed by atoms with E-state index in [9.17, 15) is 0 Å². The molecule has 0 aliphatic carbocycles. The van der Waals surface area contributed by atoms with Gasteiger partial charge in [-0.25, -0.2) is 4.98 Å². The number of hydrogen-bond donors (Lipinski definition) is 2. The largest absolute Gasteiger partial charge is 0.481 e. The van der Waals surface area contributed by atoms with Crippen molar-refractivity contribution in [1.29, 1.82) is 0 Å². The highest BCUT2D eigenvalue weighted by molar-refractivity contribution is 7.07. The van der Waals surface area contributed by atoms with Gasteiger partial charge in [0.1, 0.15) is 5.82 Å². The summed E-state index contributed by atoms with van der Waals surface area (Å²) in [6.07, 6.45) is 0. The molecule has 0 aliphatic heterocycles. The first kappa shape index (κ1) is 10.6. The van der Waals surface area contributed by atoms with Gasteiger partial charge < -0.3 is 15.8 Å². The van der Waals surface area contributed by atoms with E-state index in [0.717, 1.165) is 5.69 Å². The molecule has 0 radical (unpaired) electrons. The molecule has 6 nitrogen and oxygen atoms in total. The summed E-state index contributed by atoms with van der Waals surface area (Å²) in [7, 11) is 1.53. The van der Waals surface area contributed by atoms with Crippen molar-refractivity contribution in [3.63, 3.8) is 0 Å². The fourth-order valence-corrected chi connectivity index (χ4v) is 1.70. The minimum atomic E-state index is 0.181. The highest BCUT2D eigenvalue weighted by atomic mass is 32.1. The average Bonchev–Trinajstić information content (AvgIpc) is 2.78. The zero-order valence-corrected chi connectivity index (χ0v) is 9.49. The van der Waals surface area contributed by atoms with Crippen molar-refractivity contribution >= 4 is 23.1 Å². The molecule has 0 fully saturated rings. The average molecular weight is 237 g/mol. The Balaban J connectivity index is 2.06. The van der Waals surface area contributed by atoms with E-state index in [-0.39, 0.29) is 5.95 Å². The van der Waals surface area contributed by atoms with Crippen LogP contribution in [0.1, 0.15) is 5.69 Å². The lowest BCUT2D eigenvalue weighted by atomic mass is 10.4. The number of nitrogens with one attached hydrogen (secondary N) is 1. The zero-order chi connectivity index (χ0) is 11.4. The molecule has 2 aromatic heterocycles. The summed E-state index contributed by atoms with van der Waals surface area (Å²) in [6.45, 7) is 0.600. The van der Waals surface area contributed by atoms with Gasteiger partial charge in [-0.1, -0.05) is 0 Å². The molecule has 0 saturated heterocycles. The number of nitrogen functional groups attached to an aromatic ring is 1. The molecule has 16 heavy (non-hydrogen) atoms. The Morgan fingerprint density at radius 3 is 3.06 bits per heavy atom. The Bertz CT molecular complexity index is 459. The molecule has 0 bridgehead atoms. The van der Waals surface area contributed by atoms with E-state index in [4.69, 9.17) is 10.5 Å². The Hall–Kier alpha value is -1.89. The molecule has 3 N–H and O–H groups in total. The van der Waals surface area contributed by atoms with E-state index in [2.05, 4.69) is 20.3 Å². The van der Waals surface area contributed by atoms with E-state index < -0.39 is 0 Å². The van der Waals surface area contributed by atoms with Crippen LogP contribution in [0, 0.1) is 0 Å². The Kier molecular flexibility index (Phi) is 3.16. The molecule has 0 atom stereocenters. The third kappa shape index (κ3) is 2.57. The number of thiazole rings is 1. The van der Waals surface area contributed by atoms with Crippen LogP contribution in [-0.4, -0.2) is 22.1 Å². The molecule has 2 heterocycles. The predicted octanol–water partition coefficient (Wildman–Crippen LogP) is 1.14. The van der Waals surface area contributed by atoms with Crippen LogP contribution in [0.4, 0.5) is 11.8 Å². The first-order chi connectivity index (χ1) is 7.78. The Morgan fingerprint density at radius 1 is 1.50 bits per heavy atom. The maximum Gasteiger partial charge on any atom is 0.225 e. The van der Waals surface area contributed by atoms with Gasteiger partial charge in [0.25, 0.3) is 0 Å². The van der Waals surface area contributed by atoms with Crippen LogP contribution >= 0.6 is 11.3 Å². The van der Waals surface area contributed by atoms with Crippen molar-refractivity contribution in [1.82, 2.24) is 15.0 Å². The van der Waals surface area contributed by atoms with Gasteiger partial charge in [0.05, 0.1) is 24.9 Å². The summed E-state index contributed by atoms with van der Waals surface area (Å²) in [5.74, 6) is 1.24. The molecule has 0 unspecified atom stereocenters. The minimum Gasteiger partial charge on any atom is -0.481 e. The fraction of sp³-hybridized carbons (Fsp3) is 0.222. The van der Waals surface area contributed by atoms with E-state index in [1.54, 1.807) is 22.9 Å². The molecule has 0 saturated carbocycles. The van der Waals surface area contributed by atoms with E-state index >= 15 is 0 Å². The molecule has 0 amide bonds. The van der Waals surface area contributed by atoms with Crippen molar-refractivity contribution in [3.8, 4) is 5.88 Å². The van der Waals surface area contributed by atoms with Crippen LogP contribution in [0.15, 0.2) is 17.0 Å². The van der Waals surface area contributed by atoms with Crippen LogP contribution in [0.25, 0.3) is 0 Å². The number of rotatable bonds is 4. The third-order valence-corrected chi connectivity index (χ3v) is 2.50. The molecular weight excluding hydrogens is 226 g/mol. The molecular formula is C9H11N5OS. The highest BCUT2D eigenvalue weighted by Gasteiger charge is 2.02. The van der Waals surface area contributed by atoms with Gasteiger partial charge in [-0.05, 0) is 0 Å². The molecule has 7 heteroatoms. The predicted molar refractivity (Wildman–Crippen MR) is 62.4 cm³/mol. The highest BCUT2D eigenvalue weighted by Crippen LogP contribution is 2.14. The fourth-order valence-electron chi connectivity index (χ4n) is 1.14. The first-order valence-corrected chi connectivity index (χ1v) is 5.51. The van der Waals surface area contributed by atoms with Gasteiger partial charge in [0.15, 0.2) is 0 Å². The number of nitrogens with two attached hydrogens (primary N) is 1. The second kappa shape index (κ2) is 4.75. The standard InChI is InChI=1S/C9H11N5OS/c1-15-8-2-7(13-9(10)14-8)11-3-6-4-16-5-12-6/h2,4-5H,3H2,1H3,(H3,10,11,13,14). The van der Waals surface area contributed by atoms with Crippen molar-refractivity contribution in [2.24, 2.45) is 0 Å². The number of nitrogens with zero attached hydrogens (tertiary/aromatic N) is 3. The summed E-state index contributed by atoms with van der Waals surface area (Å²) in [4.78, 5) is 12.1. The maximum absolute atomic E-state index is 5.53. The second-order valence-electron chi connectivity index (χ2n) is 2.99. The zero-order valence-electron chi connectivity index (χ0n) is 8.67. The van der Waals surface area contributed by atoms with Crippen LogP contribution in [0.2, 0.25) is 0 Å². The monoisotopic (exact) mass is 237 g/mol. The number of anilines is 2. The van der Waals surface area contributed by atoms with Gasteiger partial charge >= 0.3 is 0 Å². The summed E-state index contributed by atoms with van der Waals surface area (Å²) in [5, 5.41) is 5.06. The normalized spacial score (nSPS) is 10.1. The summed E-state index contributed by atoms with van der Waals surface area (Å²) < 4.78 is 4.99. The lowest BCUT2D eigenvalue weighted by molar-refractivity contribution is 0.398. The number of ether oxygens (including phenoxy) is 1. The summed E-state index contributed by atoms with van der Waals surface area (Å²) >= 11 is 1.55. The van der Waals surface area contributed by atoms with Crippen molar-refractivity contribution < 1.29 is 4.74 Å². The topological polar surface area (TPSA) is 86.0 Å². The van der Waals surface area contributed by atoms with Gasteiger partial charge in [0.2, 0.25) is 11.8 Å². The molecule has 0 aromatic carbocycles. The van der Waals surface area contributed by atoms with Crippen molar-refractivity contribution in [3.05, 3.63) is 22.7 Å². The minimum absolute atomic E-state index is 0.181. The van der Waals surface area contributed by atoms with Crippen molar-refractivity contribution in [2.75, 3.05) is 18.2 Å². The van der Waals surface area contributed by atoms with Gasteiger partial charge in [-0.3, -0.25) is 0 Å². The van der Waals surface area contributed by atoms with Gasteiger partial charge in [-0.2, -0.15) is 9.97 Å². The summed E-state index contributed by atoms with van der Waals surface area (Å²) in [6, 6.07) is 1.68. The van der Waals surface area contributed by atoms with Gasteiger partial charge in [-0.15, -0.1) is 11.3 Å². The molecule has 2 rings (SSSR count). The lowest BCUT2D eigenvalue weighted by Crippen LogP contribution is -2.05.